The van der Waals surface area contributed by atoms with E-state index in [-0.39, 0.29) is 29.4 Å². The molecule has 4 N–H and O–H groups in total. The Balaban J connectivity index is 1.72. The first-order valence-corrected chi connectivity index (χ1v) is 7.54. The van der Waals surface area contributed by atoms with E-state index in [9.17, 15) is 9.90 Å². The molecule has 0 radical (unpaired) electrons. The quantitative estimate of drug-likeness (QED) is 0.802. The number of hydrogen-bond acceptors (Lipinski definition) is 4. The Bertz CT molecular complexity index is 645. The lowest BCUT2D eigenvalue weighted by Gasteiger charge is -2.26. The van der Waals surface area contributed by atoms with Crippen molar-refractivity contribution in [1.82, 2.24) is 15.1 Å². The summed E-state index contributed by atoms with van der Waals surface area (Å²) < 4.78 is 1.50. The number of benzene rings is 1. The van der Waals surface area contributed by atoms with Crippen molar-refractivity contribution in [2.75, 3.05) is 0 Å². The highest BCUT2D eigenvalue weighted by Crippen LogP contribution is 2.20. The van der Waals surface area contributed by atoms with Crippen LogP contribution in [0.1, 0.15) is 36.2 Å². The van der Waals surface area contributed by atoms with Gasteiger partial charge in [-0.05, 0) is 37.8 Å². The minimum Gasteiger partial charge on any atom is -0.504 e. The van der Waals surface area contributed by atoms with Crippen molar-refractivity contribution < 1.29 is 9.90 Å². The molecule has 3 rings (SSSR count). The fraction of sp³-hybridized carbons (Fsp3) is 0.375. The first-order chi connectivity index (χ1) is 10.6. The summed E-state index contributed by atoms with van der Waals surface area (Å²) in [7, 11) is 0. The number of rotatable bonds is 3. The molecule has 116 valence electrons. The molecule has 1 aliphatic carbocycles. The number of nitrogens with zero attached hydrogens (tertiary/aromatic N) is 2. The fourth-order valence-electron chi connectivity index (χ4n) is 2.76. The lowest BCUT2D eigenvalue weighted by Crippen LogP contribution is -2.40. The third-order valence-electron chi connectivity index (χ3n) is 4.04. The fourth-order valence-corrected chi connectivity index (χ4v) is 2.76. The number of aromatic hydroxyl groups is 1. The van der Waals surface area contributed by atoms with E-state index in [1.54, 1.807) is 0 Å². The van der Waals surface area contributed by atoms with Crippen LogP contribution in [0, 0.1) is 0 Å². The monoisotopic (exact) mass is 300 g/mol. The molecule has 6 heteroatoms. The predicted molar refractivity (Wildman–Crippen MR) is 82.9 cm³/mol. The van der Waals surface area contributed by atoms with Crippen LogP contribution in [0.4, 0.5) is 0 Å². The molecule has 2 aromatic rings. The molecule has 1 saturated carbocycles. The Hall–Kier alpha value is -2.34. The maximum absolute atomic E-state index is 12.3. The van der Waals surface area contributed by atoms with Crippen LogP contribution >= 0.6 is 0 Å². The average molecular weight is 300 g/mol. The minimum absolute atomic E-state index is 0.0544. The van der Waals surface area contributed by atoms with Gasteiger partial charge < -0.3 is 16.2 Å². The van der Waals surface area contributed by atoms with Gasteiger partial charge in [-0.2, -0.15) is 5.10 Å². The molecular weight excluding hydrogens is 280 g/mol. The van der Waals surface area contributed by atoms with Gasteiger partial charge in [-0.15, -0.1) is 0 Å². The van der Waals surface area contributed by atoms with Gasteiger partial charge in [0.25, 0.3) is 5.91 Å². The van der Waals surface area contributed by atoms with Crippen LogP contribution < -0.4 is 11.1 Å². The summed E-state index contributed by atoms with van der Waals surface area (Å²) >= 11 is 0. The molecular formula is C16H20N4O2. The smallest absolute Gasteiger partial charge is 0.275 e. The van der Waals surface area contributed by atoms with E-state index in [1.807, 2.05) is 30.3 Å². The number of carbonyl (C=O) groups is 1. The maximum atomic E-state index is 12.3. The van der Waals surface area contributed by atoms with Gasteiger partial charge >= 0.3 is 0 Å². The number of hydrogen-bond donors (Lipinski definition) is 3. The molecule has 1 aromatic carbocycles. The van der Waals surface area contributed by atoms with Crippen LogP contribution in [-0.4, -0.2) is 32.9 Å². The van der Waals surface area contributed by atoms with Crippen molar-refractivity contribution in [1.29, 1.82) is 0 Å². The highest BCUT2D eigenvalue weighted by molar-refractivity contribution is 5.95. The standard InChI is InChI=1S/C16H20N4O2/c17-11-6-8-12(9-7-11)18-16(22)15-14(21)10-20(19-15)13-4-2-1-3-5-13/h1-5,10-12,21H,6-9,17H2,(H,18,22). The average Bonchev–Trinajstić information content (AvgIpc) is 2.92. The minimum atomic E-state index is -0.340. The molecule has 1 aromatic heterocycles. The maximum Gasteiger partial charge on any atom is 0.275 e. The number of carbonyl (C=O) groups excluding carboxylic acids is 1. The van der Waals surface area contributed by atoms with E-state index in [1.165, 1.54) is 10.9 Å². The SMILES string of the molecule is NC1CCC(NC(=O)c2nn(-c3ccccc3)cc2O)CC1. The third-order valence-corrected chi connectivity index (χ3v) is 4.04. The highest BCUT2D eigenvalue weighted by Gasteiger charge is 2.23. The molecule has 6 nitrogen and oxygen atoms in total. The van der Waals surface area contributed by atoms with Gasteiger partial charge in [0.1, 0.15) is 0 Å². The predicted octanol–water partition coefficient (Wildman–Crippen LogP) is 1.58. The molecule has 1 aliphatic rings. The highest BCUT2D eigenvalue weighted by atomic mass is 16.3. The molecule has 0 unspecified atom stereocenters. The third kappa shape index (κ3) is 3.12. The normalized spacial score (nSPS) is 21.5. The molecule has 0 bridgehead atoms. The van der Waals surface area contributed by atoms with Crippen molar-refractivity contribution in [2.24, 2.45) is 5.73 Å². The van der Waals surface area contributed by atoms with Crippen molar-refractivity contribution in [3.8, 4) is 11.4 Å². The number of nitrogens with one attached hydrogen (secondary N) is 1. The molecule has 1 heterocycles. The Morgan fingerprint density at radius 1 is 1.23 bits per heavy atom. The van der Waals surface area contributed by atoms with Crippen LogP contribution in [-0.2, 0) is 0 Å². The lowest BCUT2D eigenvalue weighted by molar-refractivity contribution is 0.0917. The summed E-state index contributed by atoms with van der Waals surface area (Å²) in [6.45, 7) is 0. The first kappa shape index (κ1) is 14.6. The zero-order valence-electron chi connectivity index (χ0n) is 12.3. The summed E-state index contributed by atoms with van der Waals surface area (Å²) in [6, 6.07) is 9.70. The van der Waals surface area contributed by atoms with E-state index in [0.717, 1.165) is 31.4 Å². The van der Waals surface area contributed by atoms with Crippen LogP contribution in [0.25, 0.3) is 5.69 Å². The van der Waals surface area contributed by atoms with Crippen molar-refractivity contribution in [2.45, 2.75) is 37.8 Å². The molecule has 22 heavy (non-hydrogen) atoms. The Labute approximate surface area is 128 Å². The summed E-state index contributed by atoms with van der Waals surface area (Å²) in [6.07, 6.45) is 5.01. The second-order valence-electron chi connectivity index (χ2n) is 5.73. The van der Waals surface area contributed by atoms with Gasteiger partial charge in [0, 0.05) is 12.1 Å². The zero-order chi connectivity index (χ0) is 15.5. The number of amides is 1. The number of nitrogens with two attached hydrogens (primary N) is 1. The molecule has 0 atom stereocenters. The van der Waals surface area contributed by atoms with E-state index in [4.69, 9.17) is 5.73 Å². The van der Waals surface area contributed by atoms with Crippen LogP contribution in [0.5, 0.6) is 5.75 Å². The van der Waals surface area contributed by atoms with E-state index in [2.05, 4.69) is 10.4 Å². The molecule has 0 spiro atoms. The summed E-state index contributed by atoms with van der Waals surface area (Å²) in [5, 5.41) is 17.1. The largest absolute Gasteiger partial charge is 0.504 e. The van der Waals surface area contributed by atoms with Crippen molar-refractivity contribution >= 4 is 5.91 Å². The Morgan fingerprint density at radius 3 is 2.59 bits per heavy atom. The lowest BCUT2D eigenvalue weighted by atomic mass is 9.92. The second kappa shape index (κ2) is 6.19. The molecule has 0 aliphatic heterocycles. The van der Waals surface area contributed by atoms with E-state index >= 15 is 0 Å². The van der Waals surface area contributed by atoms with Gasteiger partial charge in [0.05, 0.1) is 11.9 Å². The van der Waals surface area contributed by atoms with E-state index < -0.39 is 0 Å². The summed E-state index contributed by atoms with van der Waals surface area (Å²) in [4.78, 5) is 12.3. The number of para-hydroxylation sites is 1. The Kier molecular flexibility index (Phi) is 4.11. The van der Waals surface area contributed by atoms with Crippen LogP contribution in [0.3, 0.4) is 0 Å². The van der Waals surface area contributed by atoms with Gasteiger partial charge in [-0.1, -0.05) is 18.2 Å². The molecule has 1 amide bonds. The molecule has 0 saturated heterocycles. The van der Waals surface area contributed by atoms with E-state index in [0.29, 0.717) is 0 Å². The van der Waals surface area contributed by atoms with Gasteiger partial charge in [-0.3, -0.25) is 4.79 Å². The summed E-state index contributed by atoms with van der Waals surface area (Å²) in [5.41, 5.74) is 6.71. The summed E-state index contributed by atoms with van der Waals surface area (Å²) in [5.74, 6) is -0.457. The van der Waals surface area contributed by atoms with Gasteiger partial charge in [0.2, 0.25) is 0 Å². The molecule has 1 fully saturated rings. The van der Waals surface area contributed by atoms with Crippen molar-refractivity contribution in [3.63, 3.8) is 0 Å². The topological polar surface area (TPSA) is 93.2 Å². The van der Waals surface area contributed by atoms with Gasteiger partial charge in [-0.25, -0.2) is 4.68 Å². The zero-order valence-corrected chi connectivity index (χ0v) is 12.3. The Morgan fingerprint density at radius 2 is 1.91 bits per heavy atom. The van der Waals surface area contributed by atoms with Crippen molar-refractivity contribution in [3.05, 3.63) is 42.2 Å². The second-order valence-corrected chi connectivity index (χ2v) is 5.73. The van der Waals surface area contributed by atoms with Crippen LogP contribution in [0.15, 0.2) is 36.5 Å². The number of aromatic nitrogens is 2. The first-order valence-electron chi connectivity index (χ1n) is 7.54. The van der Waals surface area contributed by atoms with Crippen LogP contribution in [0.2, 0.25) is 0 Å². The van der Waals surface area contributed by atoms with Gasteiger partial charge in [0.15, 0.2) is 11.4 Å².